The quantitative estimate of drug-likeness (QED) is 0.222. The summed E-state index contributed by atoms with van der Waals surface area (Å²) in [5.41, 5.74) is 10.5. The van der Waals surface area contributed by atoms with Crippen molar-refractivity contribution in [3.05, 3.63) is 29.5 Å². The van der Waals surface area contributed by atoms with Gasteiger partial charge in [-0.25, -0.2) is 14.8 Å². The highest BCUT2D eigenvalue weighted by molar-refractivity contribution is 5.96. The fourth-order valence-corrected chi connectivity index (χ4v) is 3.67. The van der Waals surface area contributed by atoms with Crippen LogP contribution in [0.25, 0.3) is 0 Å². The number of pyridine rings is 1. The van der Waals surface area contributed by atoms with Gasteiger partial charge < -0.3 is 36.6 Å². The maximum Gasteiger partial charge on any atom is 0.410 e. The van der Waals surface area contributed by atoms with Crippen molar-refractivity contribution < 1.29 is 14.3 Å². The van der Waals surface area contributed by atoms with Gasteiger partial charge in [-0.2, -0.15) is 5.26 Å². The summed E-state index contributed by atoms with van der Waals surface area (Å²) >= 11 is 0. The van der Waals surface area contributed by atoms with Crippen molar-refractivity contribution in [2.75, 3.05) is 38.2 Å². The highest BCUT2D eigenvalue weighted by Gasteiger charge is 2.45. The number of hydrogen-bond donors (Lipinski definition) is 4. The lowest BCUT2D eigenvalue weighted by atomic mass is 9.79. The molecule has 1 aromatic rings. The fraction of sp³-hybridized carbons (Fsp3) is 0.542. The van der Waals surface area contributed by atoms with Crippen LogP contribution in [0.5, 0.6) is 0 Å². The Balaban J connectivity index is 2.50. The van der Waals surface area contributed by atoms with Gasteiger partial charge in [0.1, 0.15) is 22.7 Å². The van der Waals surface area contributed by atoms with Crippen molar-refractivity contribution >= 4 is 29.8 Å². The molecule has 11 heteroatoms. The molecule has 0 saturated carbocycles. The van der Waals surface area contributed by atoms with E-state index in [0.717, 1.165) is 12.6 Å². The highest BCUT2D eigenvalue weighted by Crippen LogP contribution is 2.39. The molecule has 6 N–H and O–H groups in total. The van der Waals surface area contributed by atoms with E-state index in [1.807, 2.05) is 6.92 Å². The molecule has 1 atom stereocenters. The number of aliphatic imine (C=N–C) groups is 1. The topological polar surface area (TPSA) is 176 Å². The molecule has 35 heavy (non-hydrogen) atoms. The van der Waals surface area contributed by atoms with Crippen LogP contribution in [-0.2, 0) is 14.9 Å². The molecular weight excluding hydrogens is 448 g/mol. The van der Waals surface area contributed by atoms with E-state index in [2.05, 4.69) is 21.4 Å². The number of nitrogens with one attached hydrogen (secondary N) is 2. The molecule has 11 nitrogen and oxygen atoms in total. The van der Waals surface area contributed by atoms with Gasteiger partial charge >= 0.3 is 6.09 Å². The minimum absolute atomic E-state index is 0.102. The number of carbonyl (C=O) groups excluding carboxylic acids is 1. The second-order valence-electron chi connectivity index (χ2n) is 9.22. The molecule has 1 aliphatic rings. The number of ether oxygens (including phenoxy) is 2. The summed E-state index contributed by atoms with van der Waals surface area (Å²) in [6.07, 6.45) is 4.57. The van der Waals surface area contributed by atoms with Gasteiger partial charge in [-0.15, -0.1) is 0 Å². The second-order valence-corrected chi connectivity index (χ2v) is 9.22. The van der Waals surface area contributed by atoms with Gasteiger partial charge in [-0.05, 0) is 57.5 Å². The largest absolute Gasteiger partial charge is 0.444 e. The minimum Gasteiger partial charge on any atom is -0.444 e. The van der Waals surface area contributed by atoms with Crippen LogP contribution < -0.4 is 16.8 Å². The maximum absolute atomic E-state index is 12.7. The van der Waals surface area contributed by atoms with E-state index in [-0.39, 0.29) is 18.2 Å². The monoisotopic (exact) mass is 484 g/mol. The van der Waals surface area contributed by atoms with E-state index in [4.69, 9.17) is 26.4 Å². The van der Waals surface area contributed by atoms with Crippen LogP contribution in [0.15, 0.2) is 23.3 Å². The number of nitriles is 1. The molecular formula is C24H36N8O3. The normalized spacial score (nSPS) is 18.5. The van der Waals surface area contributed by atoms with E-state index in [1.165, 1.54) is 17.2 Å². The van der Waals surface area contributed by atoms with Gasteiger partial charge in [0.15, 0.2) is 5.82 Å². The number of amides is 1. The predicted molar refractivity (Wildman–Crippen MR) is 136 cm³/mol. The lowest BCUT2D eigenvalue weighted by Crippen LogP contribution is -2.38. The molecule has 1 aliphatic heterocycles. The number of nitrogens with two attached hydrogens (primary N) is 2. The first-order valence-electron chi connectivity index (χ1n) is 11.6. The van der Waals surface area contributed by atoms with Gasteiger partial charge in [0.25, 0.3) is 0 Å². The molecule has 1 aromatic heterocycles. The van der Waals surface area contributed by atoms with Crippen molar-refractivity contribution in [2.45, 2.75) is 51.6 Å². The van der Waals surface area contributed by atoms with Crippen molar-refractivity contribution in [3.8, 4) is 6.07 Å². The van der Waals surface area contributed by atoms with Crippen molar-refractivity contribution in [1.29, 1.82) is 10.7 Å². The summed E-state index contributed by atoms with van der Waals surface area (Å²) in [4.78, 5) is 23.0. The zero-order valence-corrected chi connectivity index (χ0v) is 20.9. The van der Waals surface area contributed by atoms with E-state index in [0.29, 0.717) is 49.7 Å². The number of aromatic nitrogens is 1. The Hall–Kier alpha value is -3.65. The minimum atomic E-state index is -1.08. The number of amidine groups is 1. The molecule has 1 unspecified atom stereocenters. The molecule has 190 valence electrons. The van der Waals surface area contributed by atoms with Crippen molar-refractivity contribution in [2.24, 2.45) is 16.5 Å². The third kappa shape index (κ3) is 7.42. The Morgan fingerprint density at radius 2 is 2.20 bits per heavy atom. The van der Waals surface area contributed by atoms with Gasteiger partial charge in [0, 0.05) is 38.0 Å². The highest BCUT2D eigenvalue weighted by atomic mass is 16.6. The van der Waals surface area contributed by atoms with Gasteiger partial charge in [-0.3, -0.25) is 0 Å². The number of rotatable bonds is 10. The summed E-state index contributed by atoms with van der Waals surface area (Å²) in [5, 5.41) is 21.5. The predicted octanol–water partition coefficient (Wildman–Crippen LogP) is 2.78. The van der Waals surface area contributed by atoms with E-state index < -0.39 is 17.1 Å². The third-order valence-electron chi connectivity index (χ3n) is 5.24. The fourth-order valence-electron chi connectivity index (χ4n) is 3.67. The lowest BCUT2D eigenvalue weighted by Gasteiger charge is -2.27. The van der Waals surface area contributed by atoms with E-state index in [9.17, 15) is 10.1 Å². The standard InChI is InChI=1S/C24H36N8O3/c1-5-11-34-12-9-29-20-13-18(17(14-26)21(31-20)30-19(28)6-8-25)24(15-27)7-10-32(16-24)22(33)35-23(2,3)4/h6,8,13-14,26H,5,7,9-12,16,25H2,1-4H3,(H3,28,29,30,31)/b8-6-,26-14?. The first-order chi connectivity index (χ1) is 16.6. The van der Waals surface area contributed by atoms with Crippen LogP contribution in [0, 0.1) is 16.7 Å². The second kappa shape index (κ2) is 12.2. The molecule has 0 aliphatic carbocycles. The molecule has 0 radical (unpaired) electrons. The van der Waals surface area contributed by atoms with E-state index in [1.54, 1.807) is 26.8 Å². The summed E-state index contributed by atoms with van der Waals surface area (Å²) in [7, 11) is 0. The summed E-state index contributed by atoms with van der Waals surface area (Å²) in [5.74, 6) is 0.736. The zero-order valence-electron chi connectivity index (χ0n) is 20.9. The van der Waals surface area contributed by atoms with Crippen LogP contribution >= 0.6 is 0 Å². The molecule has 0 aromatic carbocycles. The zero-order chi connectivity index (χ0) is 26.1. The Labute approximate surface area is 206 Å². The molecule has 1 saturated heterocycles. The summed E-state index contributed by atoms with van der Waals surface area (Å²) in [6.45, 7) is 9.48. The smallest absolute Gasteiger partial charge is 0.410 e. The number of nitrogens with zero attached hydrogens (tertiary/aromatic N) is 4. The van der Waals surface area contributed by atoms with Gasteiger partial charge in [0.2, 0.25) is 0 Å². The first-order valence-corrected chi connectivity index (χ1v) is 11.6. The Kier molecular flexibility index (Phi) is 9.59. The molecule has 1 amide bonds. The average molecular weight is 485 g/mol. The lowest BCUT2D eigenvalue weighted by molar-refractivity contribution is 0.0288. The molecule has 2 heterocycles. The average Bonchev–Trinajstić information content (AvgIpc) is 3.24. The molecule has 0 spiro atoms. The van der Waals surface area contributed by atoms with Crippen LogP contribution in [0.1, 0.15) is 51.7 Å². The maximum atomic E-state index is 12.7. The molecule has 1 fully saturated rings. The summed E-state index contributed by atoms with van der Waals surface area (Å²) in [6, 6.07) is 4.12. The number of likely N-dealkylation sites (tertiary alicyclic amines) is 1. The number of hydrogen-bond acceptors (Lipinski definition) is 9. The van der Waals surface area contributed by atoms with Crippen LogP contribution in [0.3, 0.4) is 0 Å². The van der Waals surface area contributed by atoms with Crippen molar-refractivity contribution in [3.63, 3.8) is 0 Å². The SMILES string of the molecule is CCCOCCNc1cc(C2(C#N)CCN(C(=O)OC(C)(C)C)C2)c(C=N)c(N=C(N)/C=C\N)n1. The number of carbonyl (C=O) groups is 1. The first kappa shape index (κ1) is 27.6. The molecule has 2 rings (SSSR count). The van der Waals surface area contributed by atoms with Crippen molar-refractivity contribution in [1.82, 2.24) is 9.88 Å². The number of anilines is 1. The Morgan fingerprint density at radius 3 is 2.80 bits per heavy atom. The van der Waals surface area contributed by atoms with Gasteiger partial charge in [0.05, 0.1) is 12.7 Å². The Bertz CT molecular complexity index is 1010. The molecule has 0 bridgehead atoms. The van der Waals surface area contributed by atoms with E-state index >= 15 is 0 Å². The van der Waals surface area contributed by atoms with Crippen LogP contribution in [0.4, 0.5) is 16.4 Å². The Morgan fingerprint density at radius 1 is 1.46 bits per heavy atom. The van der Waals surface area contributed by atoms with Crippen LogP contribution in [0.2, 0.25) is 0 Å². The van der Waals surface area contributed by atoms with Crippen LogP contribution in [-0.4, -0.2) is 66.5 Å². The third-order valence-corrected chi connectivity index (χ3v) is 5.24. The summed E-state index contributed by atoms with van der Waals surface area (Å²) < 4.78 is 11.0. The van der Waals surface area contributed by atoms with Gasteiger partial charge in [-0.1, -0.05) is 6.92 Å².